The summed E-state index contributed by atoms with van der Waals surface area (Å²) in [5.41, 5.74) is 1.51. The van der Waals surface area contributed by atoms with E-state index in [0.717, 1.165) is 5.69 Å². The van der Waals surface area contributed by atoms with Crippen LogP contribution in [0.3, 0.4) is 0 Å². The maximum absolute atomic E-state index is 11.0. The maximum Gasteiger partial charge on any atom is 0.337 e. The van der Waals surface area contributed by atoms with Crippen molar-refractivity contribution in [1.29, 1.82) is 0 Å². The van der Waals surface area contributed by atoms with Gasteiger partial charge in [-0.3, -0.25) is 4.98 Å². The summed E-state index contributed by atoms with van der Waals surface area (Å²) in [7, 11) is 1.58. The van der Waals surface area contributed by atoms with Crippen molar-refractivity contribution in [3.05, 3.63) is 52.3 Å². The Morgan fingerprint density at radius 1 is 1.29 bits per heavy atom. The van der Waals surface area contributed by atoms with Crippen molar-refractivity contribution in [2.75, 3.05) is 7.11 Å². The van der Waals surface area contributed by atoms with Crippen LogP contribution in [0.5, 0.6) is 11.5 Å². The average Bonchev–Trinajstić information content (AvgIpc) is 2.45. The van der Waals surface area contributed by atoms with Gasteiger partial charge in [-0.15, -0.1) is 0 Å². The Balaban J connectivity index is 2.15. The number of carboxylic acids is 1. The molecular formula is C15H14ClNO4. The number of benzene rings is 1. The first kappa shape index (κ1) is 15.1. The van der Waals surface area contributed by atoms with Gasteiger partial charge < -0.3 is 14.6 Å². The van der Waals surface area contributed by atoms with Gasteiger partial charge >= 0.3 is 5.97 Å². The lowest BCUT2D eigenvalue weighted by molar-refractivity contribution is 0.0696. The van der Waals surface area contributed by atoms with Crippen LogP contribution in [0.1, 0.15) is 21.7 Å². The molecule has 0 bridgehead atoms. The van der Waals surface area contributed by atoms with Crippen molar-refractivity contribution in [2.24, 2.45) is 0 Å². The molecule has 0 unspecified atom stereocenters. The van der Waals surface area contributed by atoms with Crippen LogP contribution in [0.2, 0.25) is 5.02 Å². The lowest BCUT2D eigenvalue weighted by Gasteiger charge is -2.09. The van der Waals surface area contributed by atoms with Crippen LogP contribution in [-0.2, 0) is 6.61 Å². The maximum atomic E-state index is 11.0. The van der Waals surface area contributed by atoms with E-state index in [0.29, 0.717) is 17.2 Å². The molecule has 5 nitrogen and oxygen atoms in total. The zero-order valence-corrected chi connectivity index (χ0v) is 12.3. The number of methoxy groups -OCH3 is 1. The molecular weight excluding hydrogens is 294 g/mol. The van der Waals surface area contributed by atoms with Crippen LogP contribution in [-0.4, -0.2) is 23.2 Å². The molecule has 1 aromatic heterocycles. The van der Waals surface area contributed by atoms with Gasteiger partial charge in [-0.05, 0) is 25.1 Å². The number of hydrogen-bond donors (Lipinski definition) is 1. The summed E-state index contributed by atoms with van der Waals surface area (Å²) in [6.45, 7) is 2.07. The first-order valence-electron chi connectivity index (χ1n) is 6.17. The third kappa shape index (κ3) is 3.86. The van der Waals surface area contributed by atoms with E-state index in [1.165, 1.54) is 12.1 Å². The lowest BCUT2D eigenvalue weighted by atomic mass is 10.2. The quantitative estimate of drug-likeness (QED) is 0.917. The van der Waals surface area contributed by atoms with E-state index in [1.54, 1.807) is 19.2 Å². The third-order valence-electron chi connectivity index (χ3n) is 2.77. The largest absolute Gasteiger partial charge is 0.497 e. The van der Waals surface area contributed by atoms with Crippen molar-refractivity contribution in [2.45, 2.75) is 13.5 Å². The predicted molar refractivity (Wildman–Crippen MR) is 78.3 cm³/mol. The lowest BCUT2D eigenvalue weighted by Crippen LogP contribution is -2.02. The summed E-state index contributed by atoms with van der Waals surface area (Å²) in [6.07, 6.45) is 0. The molecule has 0 fully saturated rings. The normalized spacial score (nSPS) is 10.2. The molecule has 2 aromatic rings. The van der Waals surface area contributed by atoms with Crippen LogP contribution < -0.4 is 9.47 Å². The molecule has 0 atom stereocenters. The fourth-order valence-corrected chi connectivity index (χ4v) is 2.01. The number of aromatic carboxylic acids is 1. The minimum absolute atomic E-state index is 0.00366. The number of halogens is 1. The fourth-order valence-electron chi connectivity index (χ4n) is 1.81. The molecule has 0 aliphatic rings. The van der Waals surface area contributed by atoms with Gasteiger partial charge in [0.1, 0.15) is 18.1 Å². The van der Waals surface area contributed by atoms with Crippen LogP contribution in [0, 0.1) is 6.92 Å². The first-order chi connectivity index (χ1) is 9.99. The highest BCUT2D eigenvalue weighted by atomic mass is 35.5. The van der Waals surface area contributed by atoms with Crippen molar-refractivity contribution in [1.82, 2.24) is 4.98 Å². The van der Waals surface area contributed by atoms with Gasteiger partial charge in [0.05, 0.1) is 23.4 Å². The Kier molecular flexibility index (Phi) is 4.65. The Morgan fingerprint density at radius 3 is 2.71 bits per heavy atom. The SMILES string of the molecule is COc1cc(C)nc(COc2ccc(Cl)c(C(=O)O)c2)c1. The van der Waals surface area contributed by atoms with Crippen molar-refractivity contribution in [3.8, 4) is 11.5 Å². The molecule has 21 heavy (non-hydrogen) atoms. The van der Waals surface area contributed by atoms with Gasteiger partial charge in [-0.25, -0.2) is 4.79 Å². The Morgan fingerprint density at radius 2 is 2.05 bits per heavy atom. The van der Waals surface area contributed by atoms with Gasteiger partial charge in [-0.2, -0.15) is 0 Å². The van der Waals surface area contributed by atoms with E-state index in [2.05, 4.69) is 4.98 Å². The molecule has 0 aliphatic heterocycles. The molecule has 0 radical (unpaired) electrons. The Labute approximate surface area is 127 Å². The number of pyridine rings is 1. The number of aryl methyl sites for hydroxylation is 1. The number of ether oxygens (including phenoxy) is 2. The van der Waals surface area contributed by atoms with Gasteiger partial charge in [0, 0.05) is 17.8 Å². The van der Waals surface area contributed by atoms with Crippen LogP contribution in [0.25, 0.3) is 0 Å². The number of nitrogens with zero attached hydrogens (tertiary/aromatic N) is 1. The minimum atomic E-state index is -1.10. The molecule has 1 aromatic carbocycles. The molecule has 0 amide bonds. The molecule has 0 saturated heterocycles. The summed E-state index contributed by atoms with van der Waals surface area (Å²) in [4.78, 5) is 15.3. The highest BCUT2D eigenvalue weighted by Gasteiger charge is 2.10. The zero-order chi connectivity index (χ0) is 15.4. The first-order valence-corrected chi connectivity index (χ1v) is 6.54. The Hall–Kier alpha value is -2.27. The third-order valence-corrected chi connectivity index (χ3v) is 3.10. The molecule has 0 spiro atoms. The highest BCUT2D eigenvalue weighted by Crippen LogP contribution is 2.23. The van der Waals surface area contributed by atoms with Gasteiger partial charge in [0.15, 0.2) is 0 Å². The molecule has 110 valence electrons. The van der Waals surface area contributed by atoms with Gasteiger partial charge in [0.2, 0.25) is 0 Å². The number of carboxylic acid groups (broad SMARTS) is 1. The van der Waals surface area contributed by atoms with E-state index in [1.807, 2.05) is 13.0 Å². The fraction of sp³-hybridized carbons (Fsp3) is 0.200. The predicted octanol–water partition coefficient (Wildman–Crippen LogP) is 3.33. The summed E-state index contributed by atoms with van der Waals surface area (Å²) < 4.78 is 10.7. The highest BCUT2D eigenvalue weighted by molar-refractivity contribution is 6.33. The number of rotatable bonds is 5. The van der Waals surface area contributed by atoms with E-state index < -0.39 is 5.97 Å². The molecule has 1 N–H and O–H groups in total. The summed E-state index contributed by atoms with van der Waals surface area (Å²) in [6, 6.07) is 8.07. The summed E-state index contributed by atoms with van der Waals surface area (Å²) >= 11 is 5.80. The second-order valence-electron chi connectivity index (χ2n) is 4.38. The summed E-state index contributed by atoms with van der Waals surface area (Å²) in [5.74, 6) is 0.0169. The number of hydrogen-bond acceptors (Lipinski definition) is 4. The molecule has 6 heteroatoms. The second-order valence-corrected chi connectivity index (χ2v) is 4.78. The molecule has 0 aliphatic carbocycles. The minimum Gasteiger partial charge on any atom is -0.497 e. The molecule has 0 saturated carbocycles. The molecule has 1 heterocycles. The van der Waals surface area contributed by atoms with Gasteiger partial charge in [0.25, 0.3) is 0 Å². The monoisotopic (exact) mass is 307 g/mol. The number of carbonyl (C=O) groups is 1. The number of aromatic nitrogens is 1. The van der Waals surface area contributed by atoms with Crippen molar-refractivity contribution in [3.63, 3.8) is 0 Å². The summed E-state index contributed by atoms with van der Waals surface area (Å²) in [5, 5.41) is 9.18. The van der Waals surface area contributed by atoms with Crippen LogP contribution >= 0.6 is 11.6 Å². The van der Waals surface area contributed by atoms with Crippen LogP contribution in [0.4, 0.5) is 0 Å². The topological polar surface area (TPSA) is 68.7 Å². The van der Waals surface area contributed by atoms with E-state index in [9.17, 15) is 4.79 Å². The second kappa shape index (κ2) is 6.45. The van der Waals surface area contributed by atoms with E-state index in [4.69, 9.17) is 26.2 Å². The standard InChI is InChI=1S/C15H14ClNO4/c1-9-5-12(20-2)6-10(17-9)8-21-11-3-4-14(16)13(7-11)15(18)19/h3-7H,8H2,1-2H3,(H,18,19). The van der Waals surface area contributed by atoms with Gasteiger partial charge in [-0.1, -0.05) is 11.6 Å². The zero-order valence-electron chi connectivity index (χ0n) is 11.6. The Bertz CT molecular complexity index is 673. The smallest absolute Gasteiger partial charge is 0.337 e. The average molecular weight is 308 g/mol. The molecule has 2 rings (SSSR count). The van der Waals surface area contributed by atoms with Crippen molar-refractivity contribution < 1.29 is 19.4 Å². The van der Waals surface area contributed by atoms with E-state index >= 15 is 0 Å². The van der Waals surface area contributed by atoms with E-state index in [-0.39, 0.29) is 17.2 Å². The van der Waals surface area contributed by atoms with Crippen LogP contribution in [0.15, 0.2) is 30.3 Å². The van der Waals surface area contributed by atoms with Crippen molar-refractivity contribution >= 4 is 17.6 Å².